The van der Waals surface area contributed by atoms with Gasteiger partial charge >= 0.3 is 0 Å². The molecule has 2 nitrogen and oxygen atoms in total. The van der Waals surface area contributed by atoms with Crippen LogP contribution in [-0.4, -0.2) is 11.1 Å². The van der Waals surface area contributed by atoms with Crippen molar-refractivity contribution >= 4 is 0 Å². The zero-order chi connectivity index (χ0) is 20.0. The fraction of sp³-hybridized carbons (Fsp3) is 0.520. The maximum Gasteiger partial charge on any atom is 0.123 e. The molecule has 0 spiro atoms. The number of rotatable bonds is 3. The summed E-state index contributed by atoms with van der Waals surface area (Å²) in [6.45, 7) is 15.3. The van der Waals surface area contributed by atoms with Crippen molar-refractivity contribution in [2.24, 2.45) is 0 Å². The molecule has 0 amide bonds. The highest BCUT2D eigenvalue weighted by Gasteiger charge is 2.28. The van der Waals surface area contributed by atoms with Gasteiger partial charge in [-0.15, -0.1) is 0 Å². The predicted octanol–water partition coefficient (Wildman–Crippen LogP) is 5.81. The number of fused-ring (bicyclic) bond motifs is 1. The van der Waals surface area contributed by atoms with Crippen LogP contribution in [0.4, 0.5) is 0 Å². The Morgan fingerprint density at radius 2 is 1.33 bits per heavy atom. The maximum absolute atomic E-state index is 10.9. The number of nitrogens with one attached hydrogen (secondary N) is 1. The van der Waals surface area contributed by atoms with Crippen LogP contribution in [0.5, 0.6) is 5.75 Å². The summed E-state index contributed by atoms with van der Waals surface area (Å²) in [7, 11) is 0. The van der Waals surface area contributed by atoms with Gasteiger partial charge in [0.25, 0.3) is 0 Å². The molecule has 2 aromatic carbocycles. The molecule has 1 aliphatic rings. The van der Waals surface area contributed by atoms with Crippen LogP contribution in [0.1, 0.15) is 82.3 Å². The van der Waals surface area contributed by atoms with Gasteiger partial charge in [0.05, 0.1) is 0 Å². The smallest absolute Gasteiger partial charge is 0.123 e. The summed E-state index contributed by atoms with van der Waals surface area (Å²) in [6, 6.07) is 13.9. The van der Waals surface area contributed by atoms with E-state index in [1.165, 1.54) is 16.7 Å². The minimum absolute atomic E-state index is 0.0938. The lowest BCUT2D eigenvalue weighted by molar-refractivity contribution is 0.419. The lowest BCUT2D eigenvalue weighted by atomic mass is 9.78. The monoisotopic (exact) mass is 365 g/mol. The van der Waals surface area contributed by atoms with E-state index in [4.69, 9.17) is 0 Å². The van der Waals surface area contributed by atoms with Crippen molar-refractivity contribution in [3.8, 4) is 5.75 Å². The second-order valence-corrected chi connectivity index (χ2v) is 10.2. The van der Waals surface area contributed by atoms with Crippen molar-refractivity contribution in [1.82, 2.24) is 5.32 Å². The average molecular weight is 366 g/mol. The van der Waals surface area contributed by atoms with Gasteiger partial charge in [0.15, 0.2) is 0 Å². The van der Waals surface area contributed by atoms with Crippen LogP contribution in [-0.2, 0) is 23.7 Å². The molecule has 0 bridgehead atoms. The first kappa shape index (κ1) is 19.9. The molecule has 0 radical (unpaired) electrons. The molecule has 0 heterocycles. The van der Waals surface area contributed by atoms with Crippen LogP contribution in [0.2, 0.25) is 0 Å². The molecule has 0 aliphatic heterocycles. The highest BCUT2D eigenvalue weighted by atomic mass is 16.3. The van der Waals surface area contributed by atoms with Crippen LogP contribution in [0.3, 0.4) is 0 Å². The summed E-state index contributed by atoms with van der Waals surface area (Å²) in [5.74, 6) is 0.458. The lowest BCUT2D eigenvalue weighted by Gasteiger charge is -2.30. The molecule has 0 saturated carbocycles. The number of hydrogen-bond donors (Lipinski definition) is 2. The van der Waals surface area contributed by atoms with Crippen molar-refractivity contribution in [2.45, 2.75) is 84.2 Å². The molecule has 0 aromatic heterocycles. The molecule has 2 heteroatoms. The van der Waals surface area contributed by atoms with Crippen LogP contribution in [0, 0.1) is 0 Å². The fourth-order valence-corrected chi connectivity index (χ4v) is 4.18. The van der Waals surface area contributed by atoms with E-state index >= 15 is 0 Å². The first-order chi connectivity index (χ1) is 12.5. The van der Waals surface area contributed by atoms with Crippen molar-refractivity contribution in [1.29, 1.82) is 0 Å². The Morgan fingerprint density at radius 1 is 0.889 bits per heavy atom. The topological polar surface area (TPSA) is 32.3 Å². The van der Waals surface area contributed by atoms with Crippen LogP contribution in [0.15, 0.2) is 36.4 Å². The number of aromatic hydroxyl groups is 1. The summed E-state index contributed by atoms with van der Waals surface area (Å²) in [5.41, 5.74) is 6.09. The second kappa shape index (κ2) is 6.98. The van der Waals surface area contributed by atoms with E-state index in [1.54, 1.807) is 0 Å². The molecular weight excluding hydrogens is 330 g/mol. The van der Waals surface area contributed by atoms with Gasteiger partial charge < -0.3 is 10.4 Å². The van der Waals surface area contributed by atoms with E-state index in [0.29, 0.717) is 11.8 Å². The van der Waals surface area contributed by atoms with E-state index in [2.05, 4.69) is 90.2 Å². The average Bonchev–Trinajstić information content (AvgIpc) is 2.94. The Balaban J connectivity index is 1.89. The third kappa shape index (κ3) is 4.21. The largest absolute Gasteiger partial charge is 0.507 e. The standard InChI is InChI=1S/C25H35NO/c1-16(26-20-12-17-10-8-9-11-18(17)13-20)19-14-21(24(2,3)4)23(27)22(15-19)25(5,6)7/h8-11,14-16,20,26-27H,12-13H2,1-7H3. The fourth-order valence-electron chi connectivity index (χ4n) is 4.18. The normalized spacial score (nSPS) is 16.4. The molecule has 146 valence electrons. The Hall–Kier alpha value is -1.80. The van der Waals surface area contributed by atoms with Crippen molar-refractivity contribution in [3.63, 3.8) is 0 Å². The van der Waals surface area contributed by atoms with Crippen LogP contribution >= 0.6 is 0 Å². The zero-order valence-electron chi connectivity index (χ0n) is 18.0. The molecular formula is C25H35NO. The second-order valence-electron chi connectivity index (χ2n) is 10.2. The molecule has 27 heavy (non-hydrogen) atoms. The summed E-state index contributed by atoms with van der Waals surface area (Å²) >= 11 is 0. The number of hydrogen-bond acceptors (Lipinski definition) is 2. The van der Waals surface area contributed by atoms with Crippen LogP contribution in [0.25, 0.3) is 0 Å². The van der Waals surface area contributed by atoms with Crippen molar-refractivity contribution in [3.05, 3.63) is 64.2 Å². The van der Waals surface area contributed by atoms with Crippen LogP contribution < -0.4 is 5.32 Å². The van der Waals surface area contributed by atoms with E-state index < -0.39 is 0 Å². The van der Waals surface area contributed by atoms with Gasteiger partial charge in [-0.25, -0.2) is 0 Å². The van der Waals surface area contributed by atoms with Gasteiger partial charge in [-0.1, -0.05) is 77.9 Å². The molecule has 2 N–H and O–H groups in total. The molecule has 0 fully saturated rings. The Kier molecular flexibility index (Phi) is 5.16. The van der Waals surface area contributed by atoms with Gasteiger partial charge in [-0.05, 0) is 58.4 Å². The van der Waals surface area contributed by atoms with Crippen molar-refractivity contribution < 1.29 is 5.11 Å². The third-order valence-corrected chi connectivity index (χ3v) is 5.78. The first-order valence-electron chi connectivity index (χ1n) is 10.2. The first-order valence-corrected chi connectivity index (χ1v) is 10.2. The molecule has 2 aromatic rings. The van der Waals surface area contributed by atoms with Crippen molar-refractivity contribution in [2.75, 3.05) is 0 Å². The number of benzene rings is 2. The highest BCUT2D eigenvalue weighted by molar-refractivity contribution is 5.50. The Labute approximate surface area is 165 Å². The summed E-state index contributed by atoms with van der Waals surface area (Å²) in [4.78, 5) is 0. The third-order valence-electron chi connectivity index (χ3n) is 5.78. The Morgan fingerprint density at radius 3 is 1.74 bits per heavy atom. The van der Waals surface area contributed by atoms with Gasteiger partial charge in [0.1, 0.15) is 5.75 Å². The lowest BCUT2D eigenvalue weighted by Crippen LogP contribution is -2.32. The van der Waals surface area contributed by atoms with Gasteiger partial charge in [0.2, 0.25) is 0 Å². The summed E-state index contributed by atoms with van der Waals surface area (Å²) in [6.07, 6.45) is 2.19. The maximum atomic E-state index is 10.9. The minimum Gasteiger partial charge on any atom is -0.507 e. The predicted molar refractivity (Wildman–Crippen MR) is 115 cm³/mol. The molecule has 1 atom stereocenters. The summed E-state index contributed by atoms with van der Waals surface area (Å²) < 4.78 is 0. The van der Waals surface area contributed by atoms with E-state index in [0.717, 1.165) is 24.0 Å². The number of phenols is 1. The van der Waals surface area contributed by atoms with E-state index in [1.807, 2.05) is 0 Å². The molecule has 0 saturated heterocycles. The Bertz CT molecular complexity index is 763. The molecule has 1 aliphatic carbocycles. The molecule has 3 rings (SSSR count). The van der Waals surface area contributed by atoms with Gasteiger partial charge in [-0.3, -0.25) is 0 Å². The minimum atomic E-state index is -0.0938. The highest BCUT2D eigenvalue weighted by Crippen LogP contribution is 2.41. The van der Waals surface area contributed by atoms with E-state index in [-0.39, 0.29) is 16.9 Å². The van der Waals surface area contributed by atoms with E-state index in [9.17, 15) is 5.11 Å². The SMILES string of the molecule is CC(NC1Cc2ccccc2C1)c1cc(C(C)(C)C)c(O)c(C(C)(C)C)c1. The molecule has 1 unspecified atom stereocenters. The van der Waals surface area contributed by atoms with Gasteiger partial charge in [-0.2, -0.15) is 0 Å². The van der Waals surface area contributed by atoms with Gasteiger partial charge in [0, 0.05) is 12.1 Å². The zero-order valence-corrected chi connectivity index (χ0v) is 18.0. The quantitative estimate of drug-likeness (QED) is 0.720. The number of phenolic OH excluding ortho intramolecular Hbond substituents is 1. The summed E-state index contributed by atoms with van der Waals surface area (Å²) in [5, 5.41) is 14.8.